The minimum absolute atomic E-state index is 0.316. The summed E-state index contributed by atoms with van der Waals surface area (Å²) in [7, 11) is 0. The lowest BCUT2D eigenvalue weighted by Crippen LogP contribution is -2.04. The quantitative estimate of drug-likeness (QED) is 0.427. The molecule has 1 N–H and O–H groups in total. The number of thiazole rings is 1. The van der Waals surface area contributed by atoms with Gasteiger partial charge in [0.2, 0.25) is 0 Å². The second-order valence-electron chi connectivity index (χ2n) is 3.70. The summed E-state index contributed by atoms with van der Waals surface area (Å²) in [4.78, 5) is 23.7. The fraction of sp³-hybridized carbons (Fsp3) is 0.0833. The van der Waals surface area contributed by atoms with Crippen LogP contribution in [0.25, 0.3) is 22.6 Å². The second-order valence-corrected chi connectivity index (χ2v) is 5.04. The normalized spacial score (nSPS) is 10.8. The Bertz CT molecular complexity index is 724. The number of aromatic nitrogens is 3. The van der Waals surface area contributed by atoms with E-state index in [1.165, 1.54) is 11.3 Å². The summed E-state index contributed by atoms with van der Waals surface area (Å²) in [5.74, 6) is 0.294. The smallest absolute Gasteiger partial charge is 0.341 e. The van der Waals surface area contributed by atoms with Gasteiger partial charge >= 0.3 is 5.97 Å². The van der Waals surface area contributed by atoms with E-state index in [9.17, 15) is 4.79 Å². The van der Waals surface area contributed by atoms with E-state index in [4.69, 9.17) is 4.74 Å². The molecule has 19 heavy (non-hydrogen) atoms. The van der Waals surface area contributed by atoms with Gasteiger partial charge in [-0.2, -0.15) is 0 Å². The lowest BCUT2D eigenvalue weighted by atomic mass is 10.2. The molecule has 1 aromatic carbocycles. The molecule has 7 heteroatoms. The number of imidazole rings is 1. The molecule has 0 unspecified atom stereocenters. The number of esters is 1. The SMILES string of the molecule is O=C(OCI)c1cccc2[nH]c(-c3cscn3)nc12. The van der Waals surface area contributed by atoms with Crippen molar-refractivity contribution in [2.45, 2.75) is 0 Å². The monoisotopic (exact) mass is 385 g/mol. The maximum atomic E-state index is 11.9. The first-order chi connectivity index (χ1) is 9.29. The van der Waals surface area contributed by atoms with Crippen molar-refractivity contribution < 1.29 is 9.53 Å². The van der Waals surface area contributed by atoms with Gasteiger partial charge in [0.15, 0.2) is 5.82 Å². The van der Waals surface area contributed by atoms with Crippen molar-refractivity contribution in [2.75, 3.05) is 4.61 Å². The Morgan fingerprint density at radius 1 is 1.47 bits per heavy atom. The summed E-state index contributed by atoms with van der Waals surface area (Å²) in [5, 5.41) is 1.90. The predicted molar refractivity (Wildman–Crippen MR) is 81.5 cm³/mol. The van der Waals surface area contributed by atoms with E-state index < -0.39 is 0 Å². The number of fused-ring (bicyclic) bond motifs is 1. The Morgan fingerprint density at radius 3 is 3.11 bits per heavy atom. The van der Waals surface area contributed by atoms with Crippen LogP contribution in [0.5, 0.6) is 0 Å². The molecule has 0 saturated heterocycles. The van der Waals surface area contributed by atoms with Crippen molar-refractivity contribution in [1.82, 2.24) is 15.0 Å². The molecule has 96 valence electrons. The van der Waals surface area contributed by atoms with E-state index in [2.05, 4.69) is 15.0 Å². The second kappa shape index (κ2) is 5.25. The Labute approximate surface area is 126 Å². The Kier molecular flexibility index (Phi) is 3.47. The number of H-pyrrole nitrogens is 1. The number of rotatable bonds is 3. The van der Waals surface area contributed by atoms with Crippen LogP contribution in [-0.2, 0) is 4.74 Å². The molecule has 5 nitrogen and oxygen atoms in total. The van der Waals surface area contributed by atoms with Crippen molar-refractivity contribution in [3.8, 4) is 11.5 Å². The topological polar surface area (TPSA) is 67.9 Å². The molecule has 0 bridgehead atoms. The van der Waals surface area contributed by atoms with Crippen molar-refractivity contribution in [2.24, 2.45) is 0 Å². The minimum Gasteiger partial charge on any atom is -0.451 e. The van der Waals surface area contributed by atoms with Crippen molar-refractivity contribution >= 4 is 50.9 Å². The summed E-state index contributed by atoms with van der Waals surface area (Å²) in [6, 6.07) is 5.39. The highest BCUT2D eigenvalue weighted by Gasteiger charge is 2.15. The lowest BCUT2D eigenvalue weighted by Gasteiger charge is -2.00. The van der Waals surface area contributed by atoms with Crippen molar-refractivity contribution in [3.05, 3.63) is 34.7 Å². The number of carbonyl (C=O) groups excluding carboxylic acids is 1. The molecule has 0 radical (unpaired) electrons. The van der Waals surface area contributed by atoms with E-state index >= 15 is 0 Å². The number of alkyl halides is 1. The first-order valence-corrected chi connectivity index (χ1v) is 7.87. The summed E-state index contributed by atoms with van der Waals surface area (Å²) in [6.45, 7) is 0. The van der Waals surface area contributed by atoms with Gasteiger partial charge in [-0.1, -0.05) is 6.07 Å². The first-order valence-electron chi connectivity index (χ1n) is 5.40. The number of benzene rings is 1. The molecule has 0 aliphatic rings. The third-order valence-corrected chi connectivity index (χ3v) is 3.49. The fourth-order valence-corrected chi connectivity index (χ4v) is 2.59. The van der Waals surface area contributed by atoms with Gasteiger partial charge in [-0.05, 0) is 34.7 Å². The van der Waals surface area contributed by atoms with Crippen LogP contribution in [0.2, 0.25) is 0 Å². The van der Waals surface area contributed by atoms with Crippen molar-refractivity contribution in [3.63, 3.8) is 0 Å². The van der Waals surface area contributed by atoms with E-state index in [0.717, 1.165) is 11.2 Å². The summed E-state index contributed by atoms with van der Waals surface area (Å²) in [5.41, 5.74) is 4.39. The number of para-hydroxylation sites is 1. The number of aromatic amines is 1. The van der Waals surface area contributed by atoms with Gasteiger partial charge in [0.25, 0.3) is 0 Å². The average Bonchev–Trinajstić information content (AvgIpc) is 3.06. The van der Waals surface area contributed by atoms with E-state index in [-0.39, 0.29) is 5.97 Å². The molecule has 0 aliphatic carbocycles. The van der Waals surface area contributed by atoms with Gasteiger partial charge in [-0.15, -0.1) is 11.3 Å². The summed E-state index contributed by atoms with van der Waals surface area (Å²) in [6.07, 6.45) is 0. The molecule has 3 aromatic rings. The van der Waals surface area contributed by atoms with Gasteiger partial charge in [0.05, 0.1) is 16.6 Å². The summed E-state index contributed by atoms with van der Waals surface area (Å²) >= 11 is 3.49. The van der Waals surface area contributed by atoms with Crippen molar-refractivity contribution in [1.29, 1.82) is 0 Å². The van der Waals surface area contributed by atoms with Crippen LogP contribution in [0.4, 0.5) is 0 Å². The maximum absolute atomic E-state index is 11.9. The van der Waals surface area contributed by atoms with Crippen LogP contribution in [0.1, 0.15) is 10.4 Å². The van der Waals surface area contributed by atoms with Gasteiger partial charge in [0, 0.05) is 5.38 Å². The van der Waals surface area contributed by atoms with Crippen LogP contribution in [0.3, 0.4) is 0 Å². The molecular formula is C12H8IN3O2S. The zero-order valence-corrected chi connectivity index (χ0v) is 12.6. The highest BCUT2D eigenvalue weighted by atomic mass is 127. The Morgan fingerprint density at radius 2 is 2.37 bits per heavy atom. The number of nitrogens with one attached hydrogen (secondary N) is 1. The number of ether oxygens (including phenoxy) is 1. The number of halogens is 1. The predicted octanol–water partition coefficient (Wildman–Crippen LogP) is 3.24. The molecular weight excluding hydrogens is 377 g/mol. The zero-order valence-electron chi connectivity index (χ0n) is 9.59. The first kappa shape index (κ1) is 12.5. The van der Waals surface area contributed by atoms with Crippen LogP contribution in [-0.4, -0.2) is 25.5 Å². The largest absolute Gasteiger partial charge is 0.451 e. The third-order valence-electron chi connectivity index (χ3n) is 2.59. The zero-order chi connectivity index (χ0) is 13.2. The van der Waals surface area contributed by atoms with Gasteiger partial charge in [-0.3, -0.25) is 0 Å². The molecule has 0 atom stereocenters. The highest BCUT2D eigenvalue weighted by molar-refractivity contribution is 14.1. The fourth-order valence-electron chi connectivity index (χ4n) is 1.77. The minimum atomic E-state index is -0.365. The van der Waals surface area contributed by atoms with Crippen LogP contribution in [0, 0.1) is 0 Å². The number of hydrogen-bond acceptors (Lipinski definition) is 5. The summed E-state index contributed by atoms with van der Waals surface area (Å²) < 4.78 is 5.33. The molecule has 0 amide bonds. The van der Waals surface area contributed by atoms with Crippen LogP contribution >= 0.6 is 33.9 Å². The highest BCUT2D eigenvalue weighted by Crippen LogP contribution is 2.23. The molecule has 0 spiro atoms. The molecule has 3 rings (SSSR count). The molecule has 0 saturated carbocycles. The molecule has 2 aromatic heterocycles. The van der Waals surface area contributed by atoms with E-state index in [0.29, 0.717) is 21.5 Å². The average molecular weight is 385 g/mol. The van der Waals surface area contributed by atoms with E-state index in [1.54, 1.807) is 17.6 Å². The Hall–Kier alpha value is -1.48. The molecule has 0 aliphatic heterocycles. The lowest BCUT2D eigenvalue weighted by molar-refractivity contribution is 0.0592. The van der Waals surface area contributed by atoms with Crippen LogP contribution in [0.15, 0.2) is 29.1 Å². The molecule has 2 heterocycles. The number of nitrogens with zero attached hydrogens (tertiary/aromatic N) is 2. The standard InChI is InChI=1S/C12H8IN3O2S/c13-5-18-12(17)7-2-1-3-8-10(7)16-11(15-8)9-4-19-6-14-9/h1-4,6H,5H2,(H,15,16). The molecule has 0 fully saturated rings. The maximum Gasteiger partial charge on any atom is 0.341 e. The third kappa shape index (κ3) is 2.35. The number of carbonyl (C=O) groups is 1. The Balaban J connectivity index is 2.12. The van der Waals surface area contributed by atoms with Gasteiger partial charge in [0.1, 0.15) is 15.8 Å². The number of hydrogen-bond donors (Lipinski definition) is 1. The van der Waals surface area contributed by atoms with Gasteiger partial charge < -0.3 is 9.72 Å². The van der Waals surface area contributed by atoms with E-state index in [1.807, 2.05) is 34.0 Å². The van der Waals surface area contributed by atoms with Crippen LogP contribution < -0.4 is 0 Å². The van der Waals surface area contributed by atoms with Gasteiger partial charge in [-0.25, -0.2) is 14.8 Å².